The van der Waals surface area contributed by atoms with Crippen molar-refractivity contribution in [1.82, 2.24) is 4.90 Å². The van der Waals surface area contributed by atoms with Gasteiger partial charge in [0.2, 0.25) is 5.91 Å². The quantitative estimate of drug-likeness (QED) is 0.905. The molecule has 3 atom stereocenters. The average molecular weight is 292 g/mol. The van der Waals surface area contributed by atoms with E-state index in [9.17, 15) is 9.18 Å². The van der Waals surface area contributed by atoms with E-state index in [1.165, 1.54) is 6.07 Å². The van der Waals surface area contributed by atoms with E-state index < -0.39 is 0 Å². The Hall–Kier alpha value is -1.46. The number of halogens is 1. The van der Waals surface area contributed by atoms with Gasteiger partial charge in [-0.3, -0.25) is 4.79 Å². The maximum Gasteiger partial charge on any atom is 0.227 e. The normalized spacial score (nSPS) is 29.6. The third-order valence-corrected chi connectivity index (χ3v) is 4.52. The van der Waals surface area contributed by atoms with E-state index in [2.05, 4.69) is 0 Å². The Morgan fingerprint density at radius 2 is 2.14 bits per heavy atom. The summed E-state index contributed by atoms with van der Waals surface area (Å²) in [5.74, 6) is -0.261. The van der Waals surface area contributed by atoms with Gasteiger partial charge in [-0.2, -0.15) is 0 Å². The van der Waals surface area contributed by atoms with Gasteiger partial charge in [0.25, 0.3) is 0 Å². The topological polar surface area (TPSA) is 55.6 Å². The van der Waals surface area contributed by atoms with Crippen LogP contribution in [-0.4, -0.2) is 36.5 Å². The van der Waals surface area contributed by atoms with Crippen LogP contribution in [0.25, 0.3) is 0 Å². The summed E-state index contributed by atoms with van der Waals surface area (Å²) in [5.41, 5.74) is 6.54. The largest absolute Gasteiger partial charge is 0.370 e. The van der Waals surface area contributed by atoms with Gasteiger partial charge in [-0.25, -0.2) is 4.39 Å². The lowest BCUT2D eigenvalue weighted by molar-refractivity contribution is -0.143. The van der Waals surface area contributed by atoms with Gasteiger partial charge in [0.05, 0.1) is 19.1 Å². The summed E-state index contributed by atoms with van der Waals surface area (Å²) >= 11 is 0. The molecule has 1 aliphatic heterocycles. The Kier molecular flexibility index (Phi) is 4.22. The van der Waals surface area contributed by atoms with Crippen molar-refractivity contribution in [3.05, 3.63) is 35.6 Å². The summed E-state index contributed by atoms with van der Waals surface area (Å²) in [6.45, 7) is 1.41. The van der Waals surface area contributed by atoms with Crippen LogP contribution in [0.4, 0.5) is 4.39 Å². The molecule has 1 aromatic rings. The summed E-state index contributed by atoms with van der Waals surface area (Å²) in [5, 5.41) is 0. The molecule has 5 heteroatoms. The summed E-state index contributed by atoms with van der Waals surface area (Å²) in [7, 11) is 0. The number of hydrogen-bond acceptors (Lipinski definition) is 3. The van der Waals surface area contributed by atoms with Crippen molar-refractivity contribution in [2.75, 3.05) is 19.7 Å². The van der Waals surface area contributed by atoms with Gasteiger partial charge in [-0.15, -0.1) is 0 Å². The van der Waals surface area contributed by atoms with Crippen molar-refractivity contribution < 1.29 is 13.9 Å². The molecule has 2 N–H and O–H groups in total. The van der Waals surface area contributed by atoms with Gasteiger partial charge in [-0.05, 0) is 18.9 Å². The number of nitrogens with two attached hydrogens (primary N) is 1. The number of amides is 1. The maximum absolute atomic E-state index is 13.9. The fourth-order valence-electron chi connectivity index (χ4n) is 3.30. The summed E-state index contributed by atoms with van der Waals surface area (Å²) in [6.07, 6.45) is 2.40. The predicted molar refractivity (Wildman–Crippen MR) is 77.0 cm³/mol. The zero-order valence-corrected chi connectivity index (χ0v) is 12.0. The Bertz CT molecular complexity index is 523. The van der Waals surface area contributed by atoms with E-state index in [4.69, 9.17) is 10.5 Å². The van der Waals surface area contributed by atoms with E-state index in [-0.39, 0.29) is 29.8 Å². The van der Waals surface area contributed by atoms with Gasteiger partial charge in [0, 0.05) is 18.2 Å². The van der Waals surface area contributed by atoms with Crippen molar-refractivity contribution in [3.63, 3.8) is 0 Å². The molecule has 0 radical (unpaired) electrons. The van der Waals surface area contributed by atoms with E-state index in [0.29, 0.717) is 25.3 Å². The van der Waals surface area contributed by atoms with Crippen LogP contribution in [0, 0.1) is 11.7 Å². The molecule has 0 spiro atoms. The molecule has 1 heterocycles. The van der Waals surface area contributed by atoms with Crippen LogP contribution in [0.3, 0.4) is 0 Å². The van der Waals surface area contributed by atoms with Crippen molar-refractivity contribution in [3.8, 4) is 0 Å². The lowest BCUT2D eigenvalue weighted by atomic mass is 10.0. The molecule has 1 saturated carbocycles. The first-order valence-electron chi connectivity index (χ1n) is 7.57. The fraction of sp³-hybridized carbons (Fsp3) is 0.562. The SMILES string of the molecule is N[C@@H]1CCC[C@H]1C(=O)N1CCO[C@H](c2ccccc2F)C1. The second-order valence-corrected chi connectivity index (χ2v) is 5.87. The summed E-state index contributed by atoms with van der Waals surface area (Å²) in [6, 6.07) is 6.55. The Morgan fingerprint density at radius 1 is 1.33 bits per heavy atom. The van der Waals surface area contributed by atoms with Crippen LogP contribution in [0.15, 0.2) is 24.3 Å². The molecule has 3 rings (SSSR count). The number of ether oxygens (including phenoxy) is 1. The zero-order valence-electron chi connectivity index (χ0n) is 12.0. The van der Waals surface area contributed by atoms with Crippen LogP contribution in [0.5, 0.6) is 0 Å². The molecule has 114 valence electrons. The van der Waals surface area contributed by atoms with E-state index in [0.717, 1.165) is 19.3 Å². The average Bonchev–Trinajstić information content (AvgIpc) is 2.93. The fourth-order valence-corrected chi connectivity index (χ4v) is 3.30. The zero-order chi connectivity index (χ0) is 14.8. The van der Waals surface area contributed by atoms with Crippen LogP contribution in [-0.2, 0) is 9.53 Å². The standard InChI is InChI=1S/C16H21FN2O2/c17-13-6-2-1-4-11(13)15-10-19(8-9-21-15)16(20)12-5-3-7-14(12)18/h1-2,4,6,12,14-15H,3,5,7-10,18H2/t12-,14-,15+/m1/s1. The first-order chi connectivity index (χ1) is 10.2. The molecule has 2 fully saturated rings. The van der Waals surface area contributed by atoms with Crippen LogP contribution in [0.1, 0.15) is 30.9 Å². The minimum atomic E-state index is -0.387. The molecule has 1 saturated heterocycles. The minimum Gasteiger partial charge on any atom is -0.370 e. The number of rotatable bonds is 2. The van der Waals surface area contributed by atoms with Gasteiger partial charge < -0.3 is 15.4 Å². The number of nitrogens with zero attached hydrogens (tertiary/aromatic N) is 1. The monoisotopic (exact) mass is 292 g/mol. The van der Waals surface area contributed by atoms with Gasteiger partial charge in [-0.1, -0.05) is 24.6 Å². The Labute approximate surface area is 124 Å². The van der Waals surface area contributed by atoms with E-state index >= 15 is 0 Å². The molecule has 0 aromatic heterocycles. The van der Waals surface area contributed by atoms with Crippen molar-refractivity contribution >= 4 is 5.91 Å². The van der Waals surface area contributed by atoms with Gasteiger partial charge in [0.15, 0.2) is 0 Å². The number of carbonyl (C=O) groups excluding carboxylic acids is 1. The molecule has 0 unspecified atom stereocenters. The van der Waals surface area contributed by atoms with Crippen LogP contribution in [0.2, 0.25) is 0 Å². The first-order valence-corrected chi connectivity index (χ1v) is 7.57. The Balaban J connectivity index is 1.71. The summed E-state index contributed by atoms with van der Waals surface area (Å²) < 4.78 is 19.5. The molecule has 2 aliphatic rings. The number of benzene rings is 1. The molecule has 1 aliphatic carbocycles. The maximum atomic E-state index is 13.9. The van der Waals surface area contributed by atoms with Crippen molar-refractivity contribution in [2.45, 2.75) is 31.4 Å². The highest BCUT2D eigenvalue weighted by Gasteiger charge is 2.36. The third kappa shape index (κ3) is 2.94. The number of carbonyl (C=O) groups is 1. The number of hydrogen-bond donors (Lipinski definition) is 1. The van der Waals surface area contributed by atoms with Crippen molar-refractivity contribution in [1.29, 1.82) is 0 Å². The first kappa shape index (κ1) is 14.5. The molecule has 0 bridgehead atoms. The van der Waals surface area contributed by atoms with Gasteiger partial charge in [0.1, 0.15) is 11.9 Å². The highest BCUT2D eigenvalue weighted by Crippen LogP contribution is 2.29. The molecule has 1 aromatic carbocycles. The smallest absolute Gasteiger partial charge is 0.227 e. The van der Waals surface area contributed by atoms with Crippen molar-refractivity contribution in [2.24, 2.45) is 11.7 Å². The Morgan fingerprint density at radius 3 is 2.86 bits per heavy atom. The minimum absolute atomic E-state index is 0.0349. The lowest BCUT2D eigenvalue weighted by Crippen LogP contribution is -2.47. The highest BCUT2D eigenvalue weighted by atomic mass is 19.1. The van der Waals surface area contributed by atoms with Gasteiger partial charge >= 0.3 is 0 Å². The molecular formula is C16H21FN2O2. The molecular weight excluding hydrogens is 271 g/mol. The predicted octanol–water partition coefficient (Wildman–Crippen LogP) is 1.85. The van der Waals surface area contributed by atoms with E-state index in [1.807, 2.05) is 0 Å². The number of morpholine rings is 1. The van der Waals surface area contributed by atoms with E-state index in [1.54, 1.807) is 23.1 Å². The van der Waals surface area contributed by atoms with Crippen LogP contribution < -0.4 is 5.73 Å². The summed E-state index contributed by atoms with van der Waals surface area (Å²) in [4.78, 5) is 14.4. The lowest BCUT2D eigenvalue weighted by Gasteiger charge is -2.35. The second-order valence-electron chi connectivity index (χ2n) is 5.87. The molecule has 1 amide bonds. The molecule has 21 heavy (non-hydrogen) atoms. The highest BCUT2D eigenvalue weighted by molar-refractivity contribution is 5.80. The third-order valence-electron chi connectivity index (χ3n) is 4.52. The molecule has 4 nitrogen and oxygen atoms in total. The van der Waals surface area contributed by atoms with Crippen LogP contribution >= 0.6 is 0 Å². The second kappa shape index (κ2) is 6.12.